The fourth-order valence-electron chi connectivity index (χ4n) is 4.45. The van der Waals surface area contributed by atoms with Crippen LogP contribution in [0.3, 0.4) is 0 Å². The lowest BCUT2D eigenvalue weighted by Crippen LogP contribution is -2.29. The van der Waals surface area contributed by atoms with E-state index in [1.807, 2.05) is 62.4 Å². The van der Waals surface area contributed by atoms with E-state index in [9.17, 15) is 14.7 Å². The molecule has 0 aliphatic carbocycles. The first-order valence-corrected chi connectivity index (χ1v) is 10.3. The topological polar surface area (TPSA) is 86.3 Å². The van der Waals surface area contributed by atoms with Crippen molar-refractivity contribution < 1.29 is 14.7 Å². The summed E-state index contributed by atoms with van der Waals surface area (Å²) in [6.45, 7) is 3.89. The van der Waals surface area contributed by atoms with E-state index in [2.05, 4.69) is 9.97 Å². The molecule has 1 atom stereocenters. The van der Waals surface area contributed by atoms with Gasteiger partial charge in [0.25, 0.3) is 11.7 Å². The lowest BCUT2D eigenvalue weighted by atomic mass is 9.96. The Labute approximate surface area is 184 Å². The number of hydrogen-bond donors (Lipinski definition) is 2. The van der Waals surface area contributed by atoms with Gasteiger partial charge in [-0.2, -0.15) is 0 Å². The minimum atomic E-state index is -0.793. The maximum Gasteiger partial charge on any atom is 0.300 e. The number of hydrogen-bond acceptors (Lipinski definition) is 4. The number of H-pyrrole nitrogens is 1. The van der Waals surface area contributed by atoms with Gasteiger partial charge in [0.05, 0.1) is 11.6 Å². The maximum atomic E-state index is 13.3. The van der Waals surface area contributed by atoms with E-state index in [0.717, 1.165) is 22.0 Å². The zero-order valence-corrected chi connectivity index (χ0v) is 17.7. The van der Waals surface area contributed by atoms with Crippen molar-refractivity contribution >= 4 is 34.0 Å². The molecule has 1 saturated heterocycles. The van der Waals surface area contributed by atoms with E-state index < -0.39 is 17.7 Å². The molecule has 2 N–H and O–H groups in total. The summed E-state index contributed by atoms with van der Waals surface area (Å²) < 4.78 is 0. The molecule has 1 unspecified atom stereocenters. The first-order valence-electron chi connectivity index (χ1n) is 10.3. The van der Waals surface area contributed by atoms with Crippen LogP contribution in [0.4, 0.5) is 5.69 Å². The van der Waals surface area contributed by atoms with Crippen molar-refractivity contribution in [3.05, 3.63) is 101 Å². The normalized spacial score (nSPS) is 17.9. The number of aromatic amines is 1. The van der Waals surface area contributed by atoms with Crippen LogP contribution in [0.15, 0.2) is 78.8 Å². The molecule has 6 nitrogen and oxygen atoms in total. The average molecular weight is 423 g/mol. The number of para-hydroxylation sites is 1. The highest BCUT2D eigenvalue weighted by molar-refractivity contribution is 6.51. The first kappa shape index (κ1) is 19.8. The summed E-state index contributed by atoms with van der Waals surface area (Å²) in [5, 5.41) is 12.1. The van der Waals surface area contributed by atoms with Crippen LogP contribution in [-0.2, 0) is 9.59 Å². The van der Waals surface area contributed by atoms with Gasteiger partial charge in [0.2, 0.25) is 0 Å². The van der Waals surface area contributed by atoms with Gasteiger partial charge in [-0.3, -0.25) is 19.5 Å². The summed E-state index contributed by atoms with van der Waals surface area (Å²) in [7, 11) is 0. The molecule has 1 aliphatic heterocycles. The Balaban J connectivity index is 1.77. The second-order valence-corrected chi connectivity index (χ2v) is 8.05. The number of fused-ring (bicyclic) bond motifs is 1. The molecule has 2 aromatic carbocycles. The number of carbonyl (C=O) groups excluding carboxylic acids is 2. The Morgan fingerprint density at radius 1 is 1.03 bits per heavy atom. The number of aryl methyl sites for hydroxylation is 2. The molecule has 32 heavy (non-hydrogen) atoms. The fraction of sp³-hybridized carbons (Fsp3) is 0.115. The standard InChI is InChI=1S/C26H21N3O3/c1-15-10-16(2)12-18(11-15)29-23(17-6-5-9-27-13-17)22(25(31)26(29)32)24(30)20-14-28-21-8-4-3-7-19(20)21/h3-14,23,28,30H,1-2H3/b24-22-. The number of anilines is 1. The van der Waals surface area contributed by atoms with Crippen LogP contribution in [0.2, 0.25) is 0 Å². The smallest absolute Gasteiger partial charge is 0.300 e. The average Bonchev–Trinajstić information content (AvgIpc) is 3.33. The van der Waals surface area contributed by atoms with Crippen LogP contribution in [0, 0.1) is 13.8 Å². The van der Waals surface area contributed by atoms with Crippen LogP contribution in [0.5, 0.6) is 0 Å². The predicted molar refractivity (Wildman–Crippen MR) is 123 cm³/mol. The minimum Gasteiger partial charge on any atom is -0.507 e. The van der Waals surface area contributed by atoms with E-state index >= 15 is 0 Å². The first-order chi connectivity index (χ1) is 15.5. The molecule has 5 rings (SSSR count). The number of aromatic nitrogens is 2. The van der Waals surface area contributed by atoms with E-state index in [0.29, 0.717) is 16.8 Å². The van der Waals surface area contributed by atoms with Crippen molar-refractivity contribution in [1.29, 1.82) is 0 Å². The molecule has 1 aliphatic rings. The largest absolute Gasteiger partial charge is 0.507 e. The summed E-state index contributed by atoms with van der Waals surface area (Å²) in [6.07, 6.45) is 4.91. The Morgan fingerprint density at radius 2 is 1.78 bits per heavy atom. The van der Waals surface area contributed by atoms with Crippen molar-refractivity contribution in [3.8, 4) is 0 Å². The lowest BCUT2D eigenvalue weighted by Gasteiger charge is -2.25. The quantitative estimate of drug-likeness (QED) is 0.281. The van der Waals surface area contributed by atoms with Gasteiger partial charge in [-0.25, -0.2) is 0 Å². The van der Waals surface area contributed by atoms with Gasteiger partial charge in [0.1, 0.15) is 5.76 Å². The number of nitrogens with zero attached hydrogens (tertiary/aromatic N) is 2. The zero-order chi connectivity index (χ0) is 22.4. The van der Waals surface area contributed by atoms with Crippen molar-refractivity contribution in [1.82, 2.24) is 9.97 Å². The van der Waals surface area contributed by atoms with Gasteiger partial charge in [0, 0.05) is 40.7 Å². The van der Waals surface area contributed by atoms with Gasteiger partial charge >= 0.3 is 0 Å². The number of aliphatic hydroxyl groups is 1. The van der Waals surface area contributed by atoms with Crippen molar-refractivity contribution in [3.63, 3.8) is 0 Å². The maximum absolute atomic E-state index is 13.3. The van der Waals surface area contributed by atoms with E-state index in [-0.39, 0.29) is 11.3 Å². The number of Topliss-reactive ketones (excluding diaryl/α,β-unsaturated/α-hetero) is 1. The number of pyridine rings is 1. The molecular weight excluding hydrogens is 402 g/mol. The minimum absolute atomic E-state index is 0.0481. The number of rotatable bonds is 3. The van der Waals surface area contributed by atoms with E-state index in [1.54, 1.807) is 24.7 Å². The second kappa shape index (κ2) is 7.50. The Bertz CT molecular complexity index is 1380. The summed E-state index contributed by atoms with van der Waals surface area (Å²) >= 11 is 0. The van der Waals surface area contributed by atoms with Gasteiger partial charge in [-0.15, -0.1) is 0 Å². The second-order valence-electron chi connectivity index (χ2n) is 8.05. The SMILES string of the molecule is Cc1cc(C)cc(N2C(=O)C(=O)/C(=C(\O)c3c[nH]c4ccccc34)C2c2cccnc2)c1. The molecule has 2 aromatic heterocycles. The highest BCUT2D eigenvalue weighted by Crippen LogP contribution is 2.43. The van der Waals surface area contributed by atoms with Gasteiger partial charge in [-0.05, 0) is 54.8 Å². The van der Waals surface area contributed by atoms with Crippen molar-refractivity contribution in [2.24, 2.45) is 0 Å². The Kier molecular flexibility index (Phi) is 4.63. The zero-order valence-electron chi connectivity index (χ0n) is 17.7. The third-order valence-corrected chi connectivity index (χ3v) is 5.77. The number of nitrogens with one attached hydrogen (secondary N) is 1. The molecule has 0 radical (unpaired) electrons. The lowest BCUT2D eigenvalue weighted by molar-refractivity contribution is -0.132. The van der Waals surface area contributed by atoms with Gasteiger partial charge < -0.3 is 10.1 Å². The molecule has 1 fully saturated rings. The van der Waals surface area contributed by atoms with E-state index in [1.165, 1.54) is 4.90 Å². The number of benzene rings is 2. The predicted octanol–water partition coefficient (Wildman–Crippen LogP) is 4.81. The van der Waals surface area contributed by atoms with Crippen LogP contribution in [0.1, 0.15) is 28.3 Å². The third-order valence-electron chi connectivity index (χ3n) is 5.77. The molecule has 0 bridgehead atoms. The van der Waals surface area contributed by atoms with Crippen LogP contribution >= 0.6 is 0 Å². The molecule has 1 amide bonds. The summed E-state index contributed by atoms with van der Waals surface area (Å²) in [6, 6.07) is 16.0. The summed E-state index contributed by atoms with van der Waals surface area (Å²) in [4.78, 5) is 35.3. The van der Waals surface area contributed by atoms with Crippen molar-refractivity contribution in [2.75, 3.05) is 4.90 Å². The Hall–Kier alpha value is -4.19. The number of aliphatic hydroxyl groups excluding tert-OH is 1. The monoisotopic (exact) mass is 423 g/mol. The van der Waals surface area contributed by atoms with Crippen molar-refractivity contribution in [2.45, 2.75) is 19.9 Å². The summed E-state index contributed by atoms with van der Waals surface area (Å²) in [5.74, 6) is -1.60. The highest BCUT2D eigenvalue weighted by atomic mass is 16.3. The van der Waals surface area contributed by atoms with Crippen LogP contribution in [-0.4, -0.2) is 26.8 Å². The van der Waals surface area contributed by atoms with Gasteiger partial charge in [-0.1, -0.05) is 30.3 Å². The van der Waals surface area contributed by atoms with E-state index in [4.69, 9.17) is 0 Å². The molecule has 158 valence electrons. The fourth-order valence-corrected chi connectivity index (χ4v) is 4.45. The number of carbonyl (C=O) groups is 2. The van der Waals surface area contributed by atoms with Crippen LogP contribution < -0.4 is 4.90 Å². The molecule has 4 aromatic rings. The molecule has 3 heterocycles. The molecular formula is C26H21N3O3. The highest BCUT2D eigenvalue weighted by Gasteiger charge is 2.47. The molecule has 6 heteroatoms. The summed E-state index contributed by atoms with van der Waals surface area (Å²) in [5.41, 5.74) is 4.56. The number of amides is 1. The molecule has 0 spiro atoms. The number of ketones is 1. The molecule has 0 saturated carbocycles. The Morgan fingerprint density at radius 3 is 2.50 bits per heavy atom. The van der Waals surface area contributed by atoms with Crippen LogP contribution in [0.25, 0.3) is 16.7 Å². The van der Waals surface area contributed by atoms with Gasteiger partial charge in [0.15, 0.2) is 0 Å². The third kappa shape index (κ3) is 3.08.